The molecule has 0 spiro atoms. The number of hydrogen-bond acceptors (Lipinski definition) is 4. The molecule has 0 aliphatic carbocycles. The van der Waals surface area contributed by atoms with Crippen molar-refractivity contribution >= 4 is 11.4 Å². The number of nitro groups is 1. The van der Waals surface area contributed by atoms with Crippen molar-refractivity contribution in [3.05, 3.63) is 33.9 Å². The minimum absolute atomic E-state index is 0.202. The van der Waals surface area contributed by atoms with Crippen LogP contribution in [0.25, 0.3) is 0 Å². The SMILES string of the molecule is Cc1cc(N2CCC(C3CCCO3)CC2)ccc1[N+](=O)[O-]. The van der Waals surface area contributed by atoms with Gasteiger partial charge in [-0.3, -0.25) is 10.1 Å². The lowest BCUT2D eigenvalue weighted by molar-refractivity contribution is -0.385. The van der Waals surface area contributed by atoms with E-state index in [1.54, 1.807) is 13.0 Å². The van der Waals surface area contributed by atoms with Crippen molar-refractivity contribution < 1.29 is 9.66 Å². The standard InChI is InChI=1S/C16H22N2O3/c1-12-11-14(4-5-15(12)18(19)20)17-8-6-13(7-9-17)16-3-2-10-21-16/h4-5,11,13,16H,2-3,6-10H2,1H3. The van der Waals surface area contributed by atoms with Gasteiger partial charge in [0, 0.05) is 37.0 Å². The number of hydrogen-bond donors (Lipinski definition) is 0. The molecule has 2 aliphatic rings. The van der Waals surface area contributed by atoms with E-state index in [4.69, 9.17) is 4.74 Å². The number of nitrogens with zero attached hydrogens (tertiary/aromatic N) is 2. The molecule has 2 saturated heterocycles. The van der Waals surface area contributed by atoms with Gasteiger partial charge in [-0.25, -0.2) is 0 Å². The van der Waals surface area contributed by atoms with Crippen LogP contribution >= 0.6 is 0 Å². The quantitative estimate of drug-likeness (QED) is 0.633. The monoisotopic (exact) mass is 290 g/mol. The van der Waals surface area contributed by atoms with E-state index in [1.807, 2.05) is 12.1 Å². The maximum Gasteiger partial charge on any atom is 0.272 e. The van der Waals surface area contributed by atoms with Gasteiger partial charge in [0.2, 0.25) is 0 Å². The first-order valence-corrected chi connectivity index (χ1v) is 7.77. The van der Waals surface area contributed by atoms with Crippen molar-refractivity contribution in [2.45, 2.75) is 38.7 Å². The fourth-order valence-electron chi connectivity index (χ4n) is 3.54. The minimum Gasteiger partial charge on any atom is -0.378 e. The Hall–Kier alpha value is -1.62. The van der Waals surface area contributed by atoms with E-state index in [2.05, 4.69) is 4.90 Å². The van der Waals surface area contributed by atoms with Crippen molar-refractivity contribution in [1.82, 2.24) is 0 Å². The first-order valence-electron chi connectivity index (χ1n) is 7.77. The molecule has 2 heterocycles. The number of anilines is 1. The first-order chi connectivity index (χ1) is 10.1. The van der Waals surface area contributed by atoms with Crippen molar-refractivity contribution in [1.29, 1.82) is 0 Å². The van der Waals surface area contributed by atoms with Gasteiger partial charge in [-0.2, -0.15) is 0 Å². The average Bonchev–Trinajstić information content (AvgIpc) is 3.01. The van der Waals surface area contributed by atoms with Gasteiger partial charge in [0.25, 0.3) is 5.69 Å². The maximum absolute atomic E-state index is 10.9. The summed E-state index contributed by atoms with van der Waals surface area (Å²) >= 11 is 0. The summed E-state index contributed by atoms with van der Waals surface area (Å²) in [5.74, 6) is 0.683. The van der Waals surface area contributed by atoms with Gasteiger partial charge in [0.15, 0.2) is 0 Å². The normalized spacial score (nSPS) is 23.5. The number of ether oxygens (including phenoxy) is 1. The Balaban J connectivity index is 1.64. The van der Waals surface area contributed by atoms with E-state index in [9.17, 15) is 10.1 Å². The van der Waals surface area contributed by atoms with Gasteiger partial charge in [-0.15, -0.1) is 0 Å². The zero-order valence-electron chi connectivity index (χ0n) is 12.5. The molecule has 1 unspecified atom stereocenters. The highest BCUT2D eigenvalue weighted by molar-refractivity contribution is 5.55. The molecule has 21 heavy (non-hydrogen) atoms. The second kappa shape index (κ2) is 6.02. The Morgan fingerprint density at radius 1 is 1.29 bits per heavy atom. The maximum atomic E-state index is 10.9. The third-order valence-electron chi connectivity index (χ3n) is 4.77. The largest absolute Gasteiger partial charge is 0.378 e. The van der Waals surface area contributed by atoms with Crippen molar-refractivity contribution in [2.24, 2.45) is 5.92 Å². The Morgan fingerprint density at radius 3 is 2.62 bits per heavy atom. The highest BCUT2D eigenvalue weighted by Crippen LogP contribution is 2.32. The molecule has 114 valence electrons. The molecule has 5 nitrogen and oxygen atoms in total. The van der Waals surface area contributed by atoms with Gasteiger partial charge in [0.05, 0.1) is 11.0 Å². The lowest BCUT2D eigenvalue weighted by Crippen LogP contribution is -2.37. The van der Waals surface area contributed by atoms with Gasteiger partial charge >= 0.3 is 0 Å². The summed E-state index contributed by atoms with van der Waals surface area (Å²) in [5, 5.41) is 10.9. The molecule has 0 saturated carbocycles. The topological polar surface area (TPSA) is 55.6 Å². The fraction of sp³-hybridized carbons (Fsp3) is 0.625. The van der Waals surface area contributed by atoms with Crippen LogP contribution in [-0.2, 0) is 4.74 Å². The molecule has 0 bridgehead atoms. The highest BCUT2D eigenvalue weighted by Gasteiger charge is 2.29. The van der Waals surface area contributed by atoms with E-state index >= 15 is 0 Å². The zero-order chi connectivity index (χ0) is 14.8. The number of piperidine rings is 1. The molecule has 0 amide bonds. The summed E-state index contributed by atoms with van der Waals surface area (Å²) in [7, 11) is 0. The predicted molar refractivity (Wildman–Crippen MR) is 81.7 cm³/mol. The number of benzene rings is 1. The molecular weight excluding hydrogens is 268 g/mol. The van der Waals surface area contributed by atoms with Crippen molar-refractivity contribution in [2.75, 3.05) is 24.6 Å². The lowest BCUT2D eigenvalue weighted by atomic mass is 9.89. The predicted octanol–water partition coefficient (Wildman–Crippen LogP) is 3.30. The number of aryl methyl sites for hydroxylation is 1. The molecule has 0 N–H and O–H groups in total. The molecule has 3 rings (SSSR count). The smallest absolute Gasteiger partial charge is 0.272 e. The van der Waals surface area contributed by atoms with Gasteiger partial charge in [-0.1, -0.05) is 0 Å². The van der Waals surface area contributed by atoms with E-state index in [1.165, 1.54) is 12.8 Å². The number of rotatable bonds is 3. The Kier molecular flexibility index (Phi) is 4.10. The van der Waals surface area contributed by atoms with Crippen LogP contribution in [0.5, 0.6) is 0 Å². The Labute approximate surface area is 125 Å². The third-order valence-corrected chi connectivity index (χ3v) is 4.77. The second-order valence-corrected chi connectivity index (χ2v) is 6.10. The molecule has 1 aromatic rings. The molecular formula is C16H22N2O3. The molecule has 1 atom stereocenters. The van der Waals surface area contributed by atoms with Crippen molar-refractivity contribution in [3.63, 3.8) is 0 Å². The molecule has 2 fully saturated rings. The lowest BCUT2D eigenvalue weighted by Gasteiger charge is -2.35. The summed E-state index contributed by atoms with van der Waals surface area (Å²) < 4.78 is 5.80. The van der Waals surface area contributed by atoms with Crippen LogP contribution in [0.2, 0.25) is 0 Å². The van der Waals surface area contributed by atoms with E-state index in [0.29, 0.717) is 12.0 Å². The summed E-state index contributed by atoms with van der Waals surface area (Å²) in [6, 6.07) is 5.43. The van der Waals surface area contributed by atoms with Crippen molar-refractivity contribution in [3.8, 4) is 0 Å². The number of nitro benzene ring substituents is 1. The molecule has 5 heteroatoms. The van der Waals surface area contributed by atoms with E-state index in [0.717, 1.165) is 43.8 Å². The molecule has 0 radical (unpaired) electrons. The van der Waals surface area contributed by atoms with Gasteiger partial charge < -0.3 is 9.64 Å². The van der Waals surface area contributed by atoms with Crippen LogP contribution in [0, 0.1) is 23.0 Å². The summed E-state index contributed by atoms with van der Waals surface area (Å²) in [6.07, 6.45) is 5.18. The van der Waals surface area contributed by atoms with Crippen LogP contribution in [0.4, 0.5) is 11.4 Å². The van der Waals surface area contributed by atoms with E-state index in [-0.39, 0.29) is 10.6 Å². The average molecular weight is 290 g/mol. The van der Waals surface area contributed by atoms with Crippen LogP contribution in [-0.4, -0.2) is 30.7 Å². The highest BCUT2D eigenvalue weighted by atomic mass is 16.6. The van der Waals surface area contributed by atoms with Crippen LogP contribution < -0.4 is 4.90 Å². The first kappa shape index (κ1) is 14.3. The summed E-state index contributed by atoms with van der Waals surface area (Å²) in [4.78, 5) is 12.9. The Morgan fingerprint density at radius 2 is 2.05 bits per heavy atom. The fourth-order valence-corrected chi connectivity index (χ4v) is 3.54. The van der Waals surface area contributed by atoms with Crippen LogP contribution in [0.1, 0.15) is 31.2 Å². The second-order valence-electron chi connectivity index (χ2n) is 6.10. The van der Waals surface area contributed by atoms with Gasteiger partial charge in [-0.05, 0) is 50.7 Å². The zero-order valence-corrected chi connectivity index (χ0v) is 12.5. The summed E-state index contributed by atoms with van der Waals surface area (Å²) in [6.45, 7) is 4.76. The minimum atomic E-state index is -0.317. The Bertz CT molecular complexity index is 518. The van der Waals surface area contributed by atoms with Gasteiger partial charge in [0.1, 0.15) is 0 Å². The third kappa shape index (κ3) is 3.02. The summed E-state index contributed by atoms with van der Waals surface area (Å²) in [5.41, 5.74) is 2.04. The molecule has 1 aromatic carbocycles. The van der Waals surface area contributed by atoms with E-state index < -0.39 is 0 Å². The van der Waals surface area contributed by atoms with Crippen LogP contribution in [0.15, 0.2) is 18.2 Å². The molecule has 0 aromatic heterocycles. The molecule has 2 aliphatic heterocycles. The van der Waals surface area contributed by atoms with Crippen LogP contribution in [0.3, 0.4) is 0 Å².